The number of imidazole rings is 1. The van der Waals surface area contributed by atoms with E-state index in [-0.39, 0.29) is 6.54 Å². The van der Waals surface area contributed by atoms with Crippen LogP contribution in [0.3, 0.4) is 0 Å². The number of nitrogen functional groups attached to an aromatic ring is 1. The van der Waals surface area contributed by atoms with E-state index in [1.165, 1.54) is 0 Å². The molecule has 3 rings (SSSR count). The molecule has 0 radical (unpaired) electrons. The van der Waals surface area contributed by atoms with E-state index in [2.05, 4.69) is 4.98 Å². The summed E-state index contributed by atoms with van der Waals surface area (Å²) in [5, 5.41) is 9.70. The van der Waals surface area contributed by atoms with Crippen molar-refractivity contribution in [3.8, 4) is 11.4 Å². The van der Waals surface area contributed by atoms with E-state index in [1.54, 1.807) is 41.0 Å². The summed E-state index contributed by atoms with van der Waals surface area (Å²) in [5.41, 5.74) is 8.47. The van der Waals surface area contributed by atoms with Gasteiger partial charge in [0.05, 0.1) is 11.2 Å². The number of benzene rings is 2. The predicted molar refractivity (Wildman–Crippen MR) is 82.2 cm³/mol. The fourth-order valence-corrected chi connectivity index (χ4v) is 2.50. The lowest BCUT2D eigenvalue weighted by Crippen LogP contribution is -2.10. The van der Waals surface area contributed by atoms with Crippen molar-refractivity contribution >= 4 is 34.3 Å². The van der Waals surface area contributed by atoms with Crippen LogP contribution in [0.4, 0.5) is 5.69 Å². The van der Waals surface area contributed by atoms with Gasteiger partial charge in [0, 0.05) is 10.6 Å². The molecule has 0 amide bonds. The molecular weight excluding hydrogens is 290 g/mol. The number of halogens is 1. The molecule has 0 saturated carbocycles. The van der Waals surface area contributed by atoms with E-state index in [0.717, 1.165) is 5.56 Å². The molecule has 6 heteroatoms. The highest BCUT2D eigenvalue weighted by Crippen LogP contribution is 2.29. The molecule has 5 nitrogen and oxygen atoms in total. The van der Waals surface area contributed by atoms with Crippen LogP contribution in [0.5, 0.6) is 0 Å². The topological polar surface area (TPSA) is 81.1 Å². The molecule has 0 spiro atoms. The number of carboxylic acid groups (broad SMARTS) is 1. The number of carbonyl (C=O) groups is 1. The molecule has 0 saturated heterocycles. The fraction of sp³-hybridized carbons (Fsp3) is 0.0667. The maximum absolute atomic E-state index is 11.1. The Morgan fingerprint density at radius 1 is 1.29 bits per heavy atom. The molecule has 2 aromatic carbocycles. The summed E-state index contributed by atoms with van der Waals surface area (Å²) >= 11 is 6.00. The second-order valence-corrected chi connectivity index (χ2v) is 5.08. The van der Waals surface area contributed by atoms with Gasteiger partial charge in [0.1, 0.15) is 17.9 Å². The molecule has 0 aliphatic carbocycles. The first-order valence-corrected chi connectivity index (χ1v) is 6.66. The van der Waals surface area contributed by atoms with Crippen LogP contribution >= 0.6 is 11.6 Å². The van der Waals surface area contributed by atoms with Gasteiger partial charge in [-0.1, -0.05) is 29.8 Å². The number of aromatic nitrogens is 2. The molecule has 0 aliphatic heterocycles. The van der Waals surface area contributed by atoms with Crippen LogP contribution in [-0.2, 0) is 11.3 Å². The second-order valence-electron chi connectivity index (χ2n) is 4.64. The Morgan fingerprint density at radius 2 is 2.05 bits per heavy atom. The van der Waals surface area contributed by atoms with Crippen LogP contribution in [0.15, 0.2) is 42.5 Å². The van der Waals surface area contributed by atoms with Crippen LogP contribution < -0.4 is 5.73 Å². The van der Waals surface area contributed by atoms with Gasteiger partial charge in [0.2, 0.25) is 0 Å². The van der Waals surface area contributed by atoms with E-state index < -0.39 is 5.97 Å². The Kier molecular flexibility index (Phi) is 3.27. The molecule has 106 valence electrons. The van der Waals surface area contributed by atoms with Gasteiger partial charge in [-0.25, -0.2) is 4.98 Å². The molecule has 0 atom stereocenters. The van der Waals surface area contributed by atoms with Crippen molar-refractivity contribution in [2.24, 2.45) is 0 Å². The number of carboxylic acids is 1. The number of rotatable bonds is 3. The summed E-state index contributed by atoms with van der Waals surface area (Å²) in [5.74, 6) is -0.409. The molecule has 0 aliphatic rings. The zero-order valence-corrected chi connectivity index (χ0v) is 11.7. The summed E-state index contributed by atoms with van der Waals surface area (Å²) in [7, 11) is 0. The highest BCUT2D eigenvalue weighted by Gasteiger charge is 2.16. The number of aliphatic carboxylic acids is 1. The van der Waals surface area contributed by atoms with Gasteiger partial charge in [-0.05, 0) is 24.3 Å². The monoisotopic (exact) mass is 301 g/mol. The Balaban J connectivity index is 2.30. The van der Waals surface area contributed by atoms with Gasteiger partial charge >= 0.3 is 5.97 Å². The molecule has 1 heterocycles. The zero-order valence-electron chi connectivity index (χ0n) is 11.0. The number of fused-ring (bicyclic) bond motifs is 1. The summed E-state index contributed by atoms with van der Waals surface area (Å²) in [6.07, 6.45) is 0. The van der Waals surface area contributed by atoms with E-state index in [1.807, 2.05) is 6.07 Å². The number of anilines is 1. The first-order valence-electron chi connectivity index (χ1n) is 6.28. The minimum atomic E-state index is -0.944. The normalized spacial score (nSPS) is 10.9. The number of hydrogen-bond donors (Lipinski definition) is 2. The van der Waals surface area contributed by atoms with Crippen LogP contribution in [0, 0.1) is 0 Å². The maximum atomic E-state index is 11.1. The average Bonchev–Trinajstić information content (AvgIpc) is 2.79. The summed E-state index contributed by atoms with van der Waals surface area (Å²) in [4.78, 5) is 15.6. The van der Waals surface area contributed by atoms with Crippen molar-refractivity contribution in [3.63, 3.8) is 0 Å². The van der Waals surface area contributed by atoms with E-state index in [4.69, 9.17) is 22.4 Å². The maximum Gasteiger partial charge on any atom is 0.323 e. The van der Waals surface area contributed by atoms with Crippen molar-refractivity contribution in [1.82, 2.24) is 9.55 Å². The quantitative estimate of drug-likeness (QED) is 0.729. The number of para-hydroxylation sites is 1. The van der Waals surface area contributed by atoms with Crippen LogP contribution in [0.2, 0.25) is 5.02 Å². The molecular formula is C15H12ClN3O2. The van der Waals surface area contributed by atoms with E-state index in [0.29, 0.717) is 27.6 Å². The summed E-state index contributed by atoms with van der Waals surface area (Å²) in [6.45, 7) is -0.193. The molecule has 0 unspecified atom stereocenters. The number of nitrogens with two attached hydrogens (primary N) is 1. The van der Waals surface area contributed by atoms with Crippen LogP contribution in [0.1, 0.15) is 0 Å². The molecule has 3 aromatic rings. The van der Waals surface area contributed by atoms with Gasteiger partial charge in [0.15, 0.2) is 0 Å². The lowest BCUT2D eigenvalue weighted by Gasteiger charge is -2.06. The lowest BCUT2D eigenvalue weighted by atomic mass is 10.2. The summed E-state index contributed by atoms with van der Waals surface area (Å²) < 4.78 is 1.62. The Hall–Kier alpha value is -2.53. The third kappa shape index (κ3) is 2.43. The van der Waals surface area contributed by atoms with Gasteiger partial charge in [-0.2, -0.15) is 0 Å². The average molecular weight is 302 g/mol. The Labute approximate surface area is 125 Å². The second kappa shape index (κ2) is 5.10. The first kappa shape index (κ1) is 13.5. The molecule has 0 bridgehead atoms. The third-order valence-electron chi connectivity index (χ3n) is 3.19. The number of nitrogens with zero attached hydrogens (tertiary/aromatic N) is 2. The molecule has 0 fully saturated rings. The van der Waals surface area contributed by atoms with Crippen molar-refractivity contribution in [1.29, 1.82) is 0 Å². The predicted octanol–water partition coefficient (Wildman–Crippen LogP) is 3.02. The summed E-state index contributed by atoms with van der Waals surface area (Å²) in [6, 6.07) is 12.4. The standard InChI is InChI=1S/C15H12ClN3O2/c16-10-4-1-3-9(7-10)15-18-14-11(17)5-2-6-12(14)19(15)8-13(20)21/h1-7H,8,17H2,(H,20,21). The van der Waals surface area contributed by atoms with Crippen molar-refractivity contribution in [3.05, 3.63) is 47.5 Å². The van der Waals surface area contributed by atoms with Crippen LogP contribution in [0.25, 0.3) is 22.4 Å². The Morgan fingerprint density at radius 3 is 2.76 bits per heavy atom. The Bertz CT molecular complexity index is 842. The zero-order chi connectivity index (χ0) is 15.0. The van der Waals surface area contributed by atoms with Gasteiger partial charge in [-0.3, -0.25) is 4.79 Å². The third-order valence-corrected chi connectivity index (χ3v) is 3.42. The number of hydrogen-bond acceptors (Lipinski definition) is 3. The van der Waals surface area contributed by atoms with E-state index in [9.17, 15) is 4.79 Å². The van der Waals surface area contributed by atoms with Gasteiger partial charge < -0.3 is 15.4 Å². The fourth-order valence-electron chi connectivity index (χ4n) is 2.31. The first-order chi connectivity index (χ1) is 10.1. The highest BCUT2D eigenvalue weighted by molar-refractivity contribution is 6.30. The van der Waals surface area contributed by atoms with Gasteiger partial charge in [0.25, 0.3) is 0 Å². The lowest BCUT2D eigenvalue weighted by molar-refractivity contribution is -0.137. The minimum absolute atomic E-state index is 0.193. The minimum Gasteiger partial charge on any atom is -0.480 e. The molecule has 21 heavy (non-hydrogen) atoms. The van der Waals surface area contributed by atoms with Gasteiger partial charge in [-0.15, -0.1) is 0 Å². The SMILES string of the molecule is Nc1cccc2c1nc(-c1cccc(Cl)c1)n2CC(=O)O. The van der Waals surface area contributed by atoms with Crippen molar-refractivity contribution < 1.29 is 9.90 Å². The molecule has 3 N–H and O–H groups in total. The molecule has 1 aromatic heterocycles. The van der Waals surface area contributed by atoms with E-state index >= 15 is 0 Å². The van der Waals surface area contributed by atoms with Crippen molar-refractivity contribution in [2.45, 2.75) is 6.54 Å². The largest absolute Gasteiger partial charge is 0.480 e. The van der Waals surface area contributed by atoms with Crippen molar-refractivity contribution in [2.75, 3.05) is 5.73 Å². The van der Waals surface area contributed by atoms with Crippen LogP contribution in [-0.4, -0.2) is 20.6 Å². The smallest absolute Gasteiger partial charge is 0.323 e. The highest BCUT2D eigenvalue weighted by atomic mass is 35.5.